The number of halogens is 2. The van der Waals surface area contributed by atoms with Crippen LogP contribution in [0, 0.1) is 0 Å². The molecule has 2 aromatic heterocycles. The van der Waals surface area contributed by atoms with Crippen LogP contribution in [0.3, 0.4) is 0 Å². The van der Waals surface area contributed by atoms with Gasteiger partial charge >= 0.3 is 0 Å². The smallest absolute Gasteiger partial charge is 0.195 e. The molecule has 2 heterocycles. The fourth-order valence-electron chi connectivity index (χ4n) is 6.40. The van der Waals surface area contributed by atoms with Crippen LogP contribution in [0.5, 0.6) is 0 Å². The summed E-state index contributed by atoms with van der Waals surface area (Å²) in [5.74, 6) is -0.0719. The van der Waals surface area contributed by atoms with Crippen molar-refractivity contribution in [1.29, 1.82) is 0 Å². The minimum Gasteiger partial charge on any atom is -0.335 e. The molecular weight excluding hydrogens is 573 g/mol. The van der Waals surface area contributed by atoms with Gasteiger partial charge in [0.15, 0.2) is 5.78 Å². The lowest BCUT2D eigenvalue weighted by Crippen LogP contribution is -2.15. The van der Waals surface area contributed by atoms with Gasteiger partial charge in [-0.3, -0.25) is 4.79 Å². The molecule has 1 aliphatic carbocycles. The van der Waals surface area contributed by atoms with Crippen LogP contribution < -0.4 is 0 Å². The van der Waals surface area contributed by atoms with E-state index in [1.165, 1.54) is 6.42 Å². The third kappa shape index (κ3) is 5.15. The van der Waals surface area contributed by atoms with Gasteiger partial charge in [0.05, 0.1) is 16.8 Å². The van der Waals surface area contributed by atoms with E-state index in [4.69, 9.17) is 33.4 Å². The van der Waals surface area contributed by atoms with Gasteiger partial charge in [-0.25, -0.2) is 0 Å². The van der Waals surface area contributed by atoms with Crippen molar-refractivity contribution in [3.8, 4) is 33.8 Å². The number of nitrogens with zero attached hydrogens (tertiary/aromatic N) is 3. The number of carbonyl (C=O) groups is 1. The molecule has 1 saturated carbocycles. The van der Waals surface area contributed by atoms with Crippen LogP contribution in [0.4, 0.5) is 0 Å². The largest absolute Gasteiger partial charge is 0.335 e. The molecule has 0 spiro atoms. The van der Waals surface area contributed by atoms with E-state index in [2.05, 4.69) is 28.8 Å². The molecular formula is C37H29Cl2N3O. The minimum absolute atomic E-state index is 0.0719. The van der Waals surface area contributed by atoms with Gasteiger partial charge < -0.3 is 4.57 Å². The molecule has 7 rings (SSSR count). The Balaban J connectivity index is 1.67. The average Bonchev–Trinajstić information content (AvgIpc) is 3.42. The standard InChI is InChI=1S/C37H29Cl2N3O/c38-28-20-16-25(17-21-28)33-31-32(37(43)27-18-22-29(39)23-19-27)35(26-12-6-2-7-13-26)42(30-14-8-3-9-15-30)36(31)34(41-40-33)24-10-4-1-5-11-24/h1-2,4-7,10-13,16-23,30H,3,8-9,14-15H2. The molecule has 0 radical (unpaired) electrons. The quantitative estimate of drug-likeness (QED) is 0.178. The number of hydrogen-bond donors (Lipinski definition) is 0. The maximum Gasteiger partial charge on any atom is 0.195 e. The van der Waals surface area contributed by atoms with Gasteiger partial charge in [0.25, 0.3) is 0 Å². The summed E-state index contributed by atoms with van der Waals surface area (Å²) in [7, 11) is 0. The molecule has 4 aromatic carbocycles. The van der Waals surface area contributed by atoms with Crippen molar-refractivity contribution < 1.29 is 4.79 Å². The zero-order valence-electron chi connectivity index (χ0n) is 23.5. The summed E-state index contributed by atoms with van der Waals surface area (Å²) in [6.45, 7) is 0. The van der Waals surface area contributed by atoms with Gasteiger partial charge in [0.1, 0.15) is 11.4 Å². The summed E-state index contributed by atoms with van der Waals surface area (Å²) in [4.78, 5) is 14.8. The molecule has 1 aliphatic rings. The first-order valence-corrected chi connectivity index (χ1v) is 15.5. The molecule has 43 heavy (non-hydrogen) atoms. The Labute approximate surface area is 260 Å². The summed E-state index contributed by atoms with van der Waals surface area (Å²) in [5.41, 5.74) is 7.29. The Morgan fingerprint density at radius 3 is 1.79 bits per heavy atom. The van der Waals surface area contributed by atoms with Gasteiger partial charge in [-0.05, 0) is 54.8 Å². The fraction of sp³-hybridized carbons (Fsp3) is 0.162. The topological polar surface area (TPSA) is 47.8 Å². The molecule has 1 fully saturated rings. The van der Waals surface area contributed by atoms with Crippen molar-refractivity contribution in [3.05, 3.63) is 130 Å². The number of ketones is 1. The highest BCUT2D eigenvalue weighted by Crippen LogP contribution is 2.46. The van der Waals surface area contributed by atoms with Crippen LogP contribution in [-0.2, 0) is 0 Å². The van der Waals surface area contributed by atoms with Gasteiger partial charge in [-0.2, -0.15) is 0 Å². The fourth-order valence-corrected chi connectivity index (χ4v) is 6.65. The Morgan fingerprint density at radius 1 is 0.628 bits per heavy atom. The van der Waals surface area contributed by atoms with Gasteiger partial charge in [-0.15, -0.1) is 10.2 Å². The molecule has 0 unspecified atom stereocenters. The average molecular weight is 603 g/mol. The number of fused-ring (bicyclic) bond motifs is 1. The van der Waals surface area contributed by atoms with Gasteiger partial charge in [0, 0.05) is 38.2 Å². The third-order valence-corrected chi connectivity index (χ3v) is 8.91. The van der Waals surface area contributed by atoms with Gasteiger partial charge in [-0.1, -0.05) is 115 Å². The van der Waals surface area contributed by atoms with Crippen molar-refractivity contribution in [2.45, 2.75) is 38.1 Å². The molecule has 4 nitrogen and oxygen atoms in total. The van der Waals surface area contributed by atoms with E-state index in [1.54, 1.807) is 24.3 Å². The van der Waals surface area contributed by atoms with Crippen molar-refractivity contribution in [1.82, 2.24) is 14.8 Å². The molecule has 6 aromatic rings. The van der Waals surface area contributed by atoms with Crippen molar-refractivity contribution in [2.24, 2.45) is 0 Å². The van der Waals surface area contributed by atoms with E-state index in [-0.39, 0.29) is 11.8 Å². The molecule has 0 amide bonds. The Morgan fingerprint density at radius 2 is 1.16 bits per heavy atom. The summed E-state index contributed by atoms with van der Waals surface area (Å²) >= 11 is 12.6. The third-order valence-electron chi connectivity index (χ3n) is 8.40. The molecule has 0 atom stereocenters. The Hall–Kier alpha value is -4.25. The lowest BCUT2D eigenvalue weighted by Gasteiger charge is -2.27. The summed E-state index contributed by atoms with van der Waals surface area (Å²) in [5, 5.41) is 11.8. The van der Waals surface area contributed by atoms with Crippen LogP contribution in [0.2, 0.25) is 10.0 Å². The Kier molecular flexibility index (Phi) is 7.56. The van der Waals surface area contributed by atoms with Crippen LogP contribution in [0.15, 0.2) is 109 Å². The van der Waals surface area contributed by atoms with E-state index in [0.29, 0.717) is 26.9 Å². The Bertz CT molecular complexity index is 1910. The van der Waals surface area contributed by atoms with E-state index >= 15 is 0 Å². The molecule has 0 aliphatic heterocycles. The second-order valence-corrected chi connectivity index (χ2v) is 12.0. The van der Waals surface area contributed by atoms with Crippen LogP contribution in [0.25, 0.3) is 44.7 Å². The van der Waals surface area contributed by atoms with Crippen molar-refractivity contribution >= 4 is 39.9 Å². The molecule has 0 bridgehead atoms. The molecule has 0 saturated heterocycles. The minimum atomic E-state index is -0.0719. The maximum absolute atomic E-state index is 14.8. The van der Waals surface area contributed by atoms with Crippen LogP contribution in [-0.4, -0.2) is 20.5 Å². The van der Waals surface area contributed by atoms with Gasteiger partial charge in [0.2, 0.25) is 0 Å². The first kappa shape index (κ1) is 27.6. The second-order valence-electron chi connectivity index (χ2n) is 11.1. The number of hydrogen-bond acceptors (Lipinski definition) is 3. The SMILES string of the molecule is O=C(c1ccc(Cl)cc1)c1c(-c2ccccc2)n(C2CCCCC2)c2c(-c3ccccc3)nnc(-c3ccc(Cl)cc3)c12. The maximum atomic E-state index is 14.8. The predicted octanol–water partition coefficient (Wildman–Crippen LogP) is 10.5. The molecule has 0 N–H and O–H groups in total. The van der Waals surface area contributed by atoms with E-state index < -0.39 is 0 Å². The lowest BCUT2D eigenvalue weighted by molar-refractivity contribution is 0.104. The zero-order chi connectivity index (χ0) is 29.3. The number of aromatic nitrogens is 3. The second kappa shape index (κ2) is 11.8. The molecule has 6 heteroatoms. The predicted molar refractivity (Wildman–Crippen MR) is 176 cm³/mol. The number of benzene rings is 4. The van der Waals surface area contributed by atoms with E-state index in [9.17, 15) is 4.79 Å². The number of rotatable bonds is 6. The zero-order valence-corrected chi connectivity index (χ0v) is 25.0. The van der Waals surface area contributed by atoms with Crippen LogP contribution >= 0.6 is 23.2 Å². The van der Waals surface area contributed by atoms with E-state index in [0.717, 1.165) is 64.7 Å². The summed E-state index contributed by atoms with van der Waals surface area (Å²) in [6.07, 6.45) is 5.56. The lowest BCUT2D eigenvalue weighted by atomic mass is 9.93. The highest BCUT2D eigenvalue weighted by molar-refractivity contribution is 6.31. The van der Waals surface area contributed by atoms with E-state index in [1.807, 2.05) is 60.7 Å². The summed E-state index contributed by atoms with van der Waals surface area (Å²) in [6, 6.07) is 35.4. The number of carbonyl (C=O) groups excluding carboxylic acids is 1. The first-order chi connectivity index (χ1) is 21.1. The first-order valence-electron chi connectivity index (χ1n) is 14.7. The monoisotopic (exact) mass is 601 g/mol. The highest BCUT2D eigenvalue weighted by atomic mass is 35.5. The van der Waals surface area contributed by atoms with Crippen molar-refractivity contribution in [2.75, 3.05) is 0 Å². The van der Waals surface area contributed by atoms with Crippen molar-refractivity contribution in [3.63, 3.8) is 0 Å². The van der Waals surface area contributed by atoms with Crippen LogP contribution in [0.1, 0.15) is 54.1 Å². The molecule has 212 valence electrons. The highest BCUT2D eigenvalue weighted by Gasteiger charge is 2.33. The summed E-state index contributed by atoms with van der Waals surface area (Å²) < 4.78 is 2.42. The normalized spacial score (nSPS) is 13.8.